The van der Waals surface area contributed by atoms with Gasteiger partial charge in [0.1, 0.15) is 5.60 Å². The number of carboxylic acid groups (broad SMARTS) is 1. The Morgan fingerprint density at radius 3 is 2.71 bits per heavy atom. The summed E-state index contributed by atoms with van der Waals surface area (Å²) in [7, 11) is 0. The predicted molar refractivity (Wildman–Crippen MR) is 110 cm³/mol. The van der Waals surface area contributed by atoms with Gasteiger partial charge in [-0.3, -0.25) is 9.59 Å². The van der Waals surface area contributed by atoms with Gasteiger partial charge < -0.3 is 9.84 Å². The summed E-state index contributed by atoms with van der Waals surface area (Å²) in [6, 6.07) is 4.75. The summed E-state index contributed by atoms with van der Waals surface area (Å²) in [5.74, 6) is 0.0130. The van der Waals surface area contributed by atoms with Crippen LogP contribution < -0.4 is 0 Å². The largest absolute Gasteiger partial charge is 0.481 e. The summed E-state index contributed by atoms with van der Waals surface area (Å²) in [6.07, 6.45) is 6.83. The smallest absolute Gasteiger partial charge is 0.303 e. The van der Waals surface area contributed by atoms with E-state index in [9.17, 15) is 9.59 Å². The third-order valence-corrected chi connectivity index (χ3v) is 7.33. The lowest BCUT2D eigenvalue weighted by molar-refractivity contribution is -0.158. The van der Waals surface area contributed by atoms with Crippen molar-refractivity contribution in [2.45, 2.75) is 96.0 Å². The number of carboxylic acids is 1. The van der Waals surface area contributed by atoms with Crippen LogP contribution in [-0.2, 0) is 32.6 Å². The van der Waals surface area contributed by atoms with Crippen LogP contribution in [0.15, 0.2) is 12.1 Å². The van der Waals surface area contributed by atoms with Gasteiger partial charge >= 0.3 is 5.97 Å². The van der Waals surface area contributed by atoms with Crippen molar-refractivity contribution < 1.29 is 19.4 Å². The standard InChI is InChI=1S/C24H34O4/c1-16(2)19-13-18-9-10-21-23(3,11-6-12-24(21,4)28-15-25)20(18)14-17(19)7-5-8-22(26)27/h13-16,21H,5-12H2,1-4H3,(H,26,27). The number of fused-ring (bicyclic) bond motifs is 3. The third kappa shape index (κ3) is 3.70. The summed E-state index contributed by atoms with van der Waals surface area (Å²) in [4.78, 5) is 22.2. The topological polar surface area (TPSA) is 63.6 Å². The molecule has 0 bridgehead atoms. The summed E-state index contributed by atoms with van der Waals surface area (Å²) in [5, 5.41) is 9.02. The number of hydrogen-bond donors (Lipinski definition) is 1. The lowest BCUT2D eigenvalue weighted by Crippen LogP contribution is -2.54. The molecule has 0 spiro atoms. The van der Waals surface area contributed by atoms with Gasteiger partial charge in [-0.05, 0) is 85.5 Å². The molecule has 2 aliphatic rings. The lowest BCUT2D eigenvalue weighted by Gasteiger charge is -2.54. The lowest BCUT2D eigenvalue weighted by atomic mass is 9.53. The number of carbonyl (C=O) groups excluding carboxylic acids is 1. The van der Waals surface area contributed by atoms with Crippen molar-refractivity contribution in [3.63, 3.8) is 0 Å². The Labute approximate surface area is 168 Å². The van der Waals surface area contributed by atoms with Gasteiger partial charge in [-0.25, -0.2) is 0 Å². The maximum atomic E-state index is 11.2. The maximum Gasteiger partial charge on any atom is 0.303 e. The highest BCUT2D eigenvalue weighted by atomic mass is 16.5. The first-order chi connectivity index (χ1) is 13.2. The maximum absolute atomic E-state index is 11.2. The van der Waals surface area contributed by atoms with Crippen molar-refractivity contribution >= 4 is 12.4 Å². The Bertz CT molecular complexity index is 753. The molecule has 28 heavy (non-hydrogen) atoms. The van der Waals surface area contributed by atoms with Crippen molar-refractivity contribution in [2.75, 3.05) is 0 Å². The summed E-state index contributed by atoms with van der Waals surface area (Å²) in [6.45, 7) is 9.50. The molecule has 0 heterocycles. The van der Waals surface area contributed by atoms with Crippen LogP contribution >= 0.6 is 0 Å². The number of rotatable bonds is 7. The van der Waals surface area contributed by atoms with Gasteiger partial charge in [-0.2, -0.15) is 0 Å². The summed E-state index contributed by atoms with van der Waals surface area (Å²) in [5.41, 5.74) is 5.08. The molecule has 0 saturated heterocycles. The molecule has 1 aromatic rings. The molecule has 0 radical (unpaired) electrons. The Morgan fingerprint density at radius 1 is 1.32 bits per heavy atom. The number of benzene rings is 1. The molecule has 0 aliphatic heterocycles. The third-order valence-electron chi connectivity index (χ3n) is 7.33. The van der Waals surface area contributed by atoms with E-state index in [4.69, 9.17) is 9.84 Å². The first-order valence-electron chi connectivity index (χ1n) is 10.7. The van der Waals surface area contributed by atoms with Crippen molar-refractivity contribution in [3.05, 3.63) is 34.4 Å². The van der Waals surface area contributed by atoms with E-state index >= 15 is 0 Å². The first kappa shape index (κ1) is 20.9. The highest BCUT2D eigenvalue weighted by molar-refractivity contribution is 5.66. The molecule has 1 fully saturated rings. The average Bonchev–Trinajstić information content (AvgIpc) is 2.61. The molecule has 4 nitrogen and oxygen atoms in total. The number of ether oxygens (including phenoxy) is 1. The number of hydrogen-bond acceptors (Lipinski definition) is 3. The molecule has 3 atom stereocenters. The summed E-state index contributed by atoms with van der Waals surface area (Å²) >= 11 is 0. The second-order valence-corrected chi connectivity index (χ2v) is 9.50. The predicted octanol–water partition coefficient (Wildman–Crippen LogP) is 5.15. The fraction of sp³-hybridized carbons (Fsp3) is 0.667. The normalized spacial score (nSPS) is 29.1. The Kier molecular flexibility index (Phi) is 5.88. The second kappa shape index (κ2) is 7.88. The van der Waals surface area contributed by atoms with E-state index in [0.29, 0.717) is 24.7 Å². The van der Waals surface area contributed by atoms with Crippen LogP contribution in [0.25, 0.3) is 0 Å². The SMILES string of the molecule is CC(C)c1cc2c(cc1CCCC(=O)O)C1(C)CCCC(C)(OC=O)C1CC2. The Balaban J connectivity index is 2.02. The number of aliphatic carboxylic acids is 1. The average molecular weight is 387 g/mol. The van der Waals surface area contributed by atoms with Crippen LogP contribution in [0.2, 0.25) is 0 Å². The zero-order valence-electron chi connectivity index (χ0n) is 17.7. The molecule has 3 unspecified atom stereocenters. The fourth-order valence-corrected chi connectivity index (χ4v) is 5.96. The summed E-state index contributed by atoms with van der Waals surface area (Å²) < 4.78 is 5.66. The molecule has 1 saturated carbocycles. The number of carbonyl (C=O) groups is 2. The molecule has 1 aromatic carbocycles. The molecule has 0 aromatic heterocycles. The van der Waals surface area contributed by atoms with E-state index < -0.39 is 11.6 Å². The van der Waals surface area contributed by atoms with E-state index in [0.717, 1.165) is 38.5 Å². The van der Waals surface area contributed by atoms with Gasteiger partial charge in [0.25, 0.3) is 6.47 Å². The van der Waals surface area contributed by atoms with Crippen LogP contribution in [-0.4, -0.2) is 23.1 Å². The van der Waals surface area contributed by atoms with Crippen LogP contribution in [0.5, 0.6) is 0 Å². The van der Waals surface area contributed by atoms with Crippen molar-refractivity contribution in [1.82, 2.24) is 0 Å². The van der Waals surface area contributed by atoms with Gasteiger partial charge in [-0.1, -0.05) is 32.9 Å². The minimum absolute atomic E-state index is 0.000646. The van der Waals surface area contributed by atoms with Crippen LogP contribution in [0, 0.1) is 5.92 Å². The van der Waals surface area contributed by atoms with E-state index in [1.54, 1.807) is 0 Å². The van der Waals surface area contributed by atoms with Crippen LogP contribution in [0.1, 0.15) is 94.4 Å². The highest BCUT2D eigenvalue weighted by Crippen LogP contribution is 2.55. The van der Waals surface area contributed by atoms with Gasteiger partial charge in [0, 0.05) is 12.3 Å². The molecule has 4 heteroatoms. The van der Waals surface area contributed by atoms with Crippen LogP contribution in [0.3, 0.4) is 0 Å². The van der Waals surface area contributed by atoms with E-state index in [1.165, 1.54) is 22.3 Å². The zero-order valence-corrected chi connectivity index (χ0v) is 17.7. The molecule has 1 N–H and O–H groups in total. The highest BCUT2D eigenvalue weighted by Gasteiger charge is 2.53. The molecular formula is C24H34O4. The van der Waals surface area contributed by atoms with Crippen LogP contribution in [0.4, 0.5) is 0 Å². The quantitative estimate of drug-likeness (QED) is 0.658. The second-order valence-electron chi connectivity index (χ2n) is 9.50. The van der Waals surface area contributed by atoms with Crippen molar-refractivity contribution in [3.8, 4) is 0 Å². The van der Waals surface area contributed by atoms with E-state index in [1.807, 2.05) is 0 Å². The van der Waals surface area contributed by atoms with Gasteiger partial charge in [-0.15, -0.1) is 0 Å². The zero-order chi connectivity index (χ0) is 20.5. The van der Waals surface area contributed by atoms with E-state index in [-0.39, 0.29) is 11.8 Å². The minimum Gasteiger partial charge on any atom is -0.481 e. The molecular weight excluding hydrogens is 352 g/mol. The molecule has 0 amide bonds. The Morgan fingerprint density at radius 2 is 2.07 bits per heavy atom. The van der Waals surface area contributed by atoms with Gasteiger partial charge in [0.05, 0.1) is 0 Å². The fourth-order valence-electron chi connectivity index (χ4n) is 5.96. The first-order valence-corrected chi connectivity index (χ1v) is 10.7. The molecule has 154 valence electrons. The van der Waals surface area contributed by atoms with Crippen molar-refractivity contribution in [2.24, 2.45) is 5.92 Å². The number of aryl methyl sites for hydroxylation is 2. The molecule has 3 rings (SSSR count). The van der Waals surface area contributed by atoms with Gasteiger partial charge in [0.2, 0.25) is 0 Å². The van der Waals surface area contributed by atoms with Crippen molar-refractivity contribution in [1.29, 1.82) is 0 Å². The molecule has 2 aliphatic carbocycles. The monoisotopic (exact) mass is 386 g/mol. The Hall–Kier alpha value is -1.84. The van der Waals surface area contributed by atoms with Gasteiger partial charge in [0.15, 0.2) is 0 Å². The minimum atomic E-state index is -0.731. The van der Waals surface area contributed by atoms with E-state index in [2.05, 4.69) is 39.8 Å².